The van der Waals surface area contributed by atoms with Gasteiger partial charge in [-0.2, -0.15) is 0 Å². The van der Waals surface area contributed by atoms with Gasteiger partial charge in [0.1, 0.15) is 17.4 Å². The van der Waals surface area contributed by atoms with Gasteiger partial charge in [-0.1, -0.05) is 57.2 Å². The molecule has 186 valence electrons. The molecule has 1 aliphatic heterocycles. The van der Waals surface area contributed by atoms with Crippen LogP contribution >= 0.6 is 0 Å². The number of amides is 1. The Morgan fingerprint density at radius 3 is 2.17 bits per heavy atom. The number of Topliss-reactive ketones (excluding diaryl/α,β-unsaturated/α-hetero) is 1. The molecule has 1 aliphatic rings. The number of aryl methyl sites for hydroxylation is 1. The number of benzene rings is 3. The molecule has 6 heteroatoms. The van der Waals surface area contributed by atoms with Crippen molar-refractivity contribution in [3.63, 3.8) is 0 Å². The van der Waals surface area contributed by atoms with E-state index in [9.17, 15) is 23.5 Å². The van der Waals surface area contributed by atoms with Crippen LogP contribution < -0.4 is 0 Å². The third-order valence-corrected chi connectivity index (χ3v) is 6.62. The molecule has 0 spiro atoms. The lowest BCUT2D eigenvalue weighted by Crippen LogP contribution is -2.31. The minimum Gasteiger partial charge on any atom is -0.507 e. The fourth-order valence-electron chi connectivity index (χ4n) is 4.47. The van der Waals surface area contributed by atoms with Crippen molar-refractivity contribution < 1.29 is 23.5 Å². The number of halogens is 2. The van der Waals surface area contributed by atoms with Crippen molar-refractivity contribution in [3.8, 4) is 0 Å². The van der Waals surface area contributed by atoms with Crippen LogP contribution in [0.3, 0.4) is 0 Å². The number of hydrogen-bond donors (Lipinski definition) is 1. The van der Waals surface area contributed by atoms with Crippen LogP contribution in [0, 0.1) is 18.6 Å². The number of carbonyl (C=O) groups excluding carboxylic acids is 2. The molecule has 0 saturated carbocycles. The van der Waals surface area contributed by atoms with Crippen molar-refractivity contribution in [1.29, 1.82) is 0 Å². The van der Waals surface area contributed by atoms with Gasteiger partial charge in [0.15, 0.2) is 0 Å². The number of ketones is 1. The fraction of sp³-hybridized carbons (Fsp3) is 0.267. The van der Waals surface area contributed by atoms with E-state index < -0.39 is 23.5 Å². The molecule has 3 aromatic carbocycles. The standard InChI is InChI=1S/C30H29F2NO3/c1-18-17-21(9-14-24(18)32)27(34)25-26(20-7-10-22(11-8-20)30(2,3)4)33(29(36)28(25)35)16-15-19-5-12-23(31)13-6-19/h5-14,17,26,34H,15-16H2,1-4H3/b27-25-. The summed E-state index contributed by atoms with van der Waals surface area (Å²) in [5, 5.41) is 11.2. The lowest BCUT2D eigenvalue weighted by molar-refractivity contribution is -0.139. The van der Waals surface area contributed by atoms with Crippen LogP contribution in [-0.2, 0) is 21.4 Å². The molecule has 0 aromatic heterocycles. The molecule has 36 heavy (non-hydrogen) atoms. The summed E-state index contributed by atoms with van der Waals surface area (Å²) in [6.45, 7) is 8.03. The number of hydrogen-bond acceptors (Lipinski definition) is 3. The first-order valence-electron chi connectivity index (χ1n) is 11.9. The van der Waals surface area contributed by atoms with Crippen LogP contribution in [0.4, 0.5) is 8.78 Å². The van der Waals surface area contributed by atoms with Crippen LogP contribution in [0.5, 0.6) is 0 Å². The van der Waals surface area contributed by atoms with Gasteiger partial charge < -0.3 is 10.0 Å². The zero-order valence-electron chi connectivity index (χ0n) is 20.8. The Bertz CT molecular complexity index is 1340. The highest BCUT2D eigenvalue weighted by Crippen LogP contribution is 2.40. The highest BCUT2D eigenvalue weighted by molar-refractivity contribution is 6.46. The van der Waals surface area contributed by atoms with Crippen LogP contribution in [0.2, 0.25) is 0 Å². The first kappa shape index (κ1) is 25.3. The fourth-order valence-corrected chi connectivity index (χ4v) is 4.47. The van der Waals surface area contributed by atoms with Crippen molar-refractivity contribution in [3.05, 3.63) is 112 Å². The SMILES string of the molecule is Cc1cc(/C(O)=C2/C(=O)C(=O)N(CCc3ccc(F)cc3)C2c2ccc(C(C)(C)C)cc2)ccc1F. The Balaban J connectivity index is 1.79. The van der Waals surface area contributed by atoms with Gasteiger partial charge in [0, 0.05) is 12.1 Å². The van der Waals surface area contributed by atoms with Crippen LogP contribution in [0.1, 0.15) is 54.6 Å². The molecular formula is C30H29F2NO3. The maximum Gasteiger partial charge on any atom is 0.295 e. The molecule has 1 atom stereocenters. The summed E-state index contributed by atoms with van der Waals surface area (Å²) in [6.07, 6.45) is 0.402. The molecule has 1 fully saturated rings. The van der Waals surface area contributed by atoms with Gasteiger partial charge in [0.05, 0.1) is 11.6 Å². The van der Waals surface area contributed by atoms with Gasteiger partial charge in [0.2, 0.25) is 0 Å². The predicted octanol–water partition coefficient (Wildman–Crippen LogP) is 6.24. The molecule has 4 nitrogen and oxygen atoms in total. The van der Waals surface area contributed by atoms with E-state index in [2.05, 4.69) is 20.8 Å². The minimum atomic E-state index is -0.815. The second kappa shape index (κ2) is 9.69. The first-order valence-corrected chi connectivity index (χ1v) is 11.9. The summed E-state index contributed by atoms with van der Waals surface area (Å²) < 4.78 is 27.2. The normalized spacial score (nSPS) is 17.6. The Labute approximate surface area is 209 Å². The zero-order chi connectivity index (χ0) is 26.2. The molecule has 1 amide bonds. The highest BCUT2D eigenvalue weighted by Gasteiger charge is 2.45. The van der Waals surface area contributed by atoms with Crippen molar-refractivity contribution >= 4 is 17.4 Å². The molecule has 1 N–H and O–H groups in total. The van der Waals surface area contributed by atoms with Crippen LogP contribution in [0.15, 0.2) is 72.3 Å². The van der Waals surface area contributed by atoms with E-state index in [1.165, 1.54) is 35.2 Å². The van der Waals surface area contributed by atoms with E-state index in [0.29, 0.717) is 17.5 Å². The van der Waals surface area contributed by atoms with E-state index in [-0.39, 0.29) is 34.7 Å². The third kappa shape index (κ3) is 4.94. The molecule has 0 bridgehead atoms. The molecule has 1 saturated heterocycles. The lowest BCUT2D eigenvalue weighted by Gasteiger charge is -2.26. The second-order valence-corrected chi connectivity index (χ2v) is 10.2. The quantitative estimate of drug-likeness (QED) is 0.262. The van der Waals surface area contributed by atoms with Gasteiger partial charge in [-0.25, -0.2) is 8.78 Å². The molecule has 0 aliphatic carbocycles. The molecule has 0 radical (unpaired) electrons. The Morgan fingerprint density at radius 1 is 0.944 bits per heavy atom. The number of aliphatic hydroxyl groups excluding tert-OH is 1. The van der Waals surface area contributed by atoms with Crippen LogP contribution in [0.25, 0.3) is 5.76 Å². The van der Waals surface area contributed by atoms with E-state index in [1.54, 1.807) is 19.1 Å². The van der Waals surface area contributed by atoms with Gasteiger partial charge in [0.25, 0.3) is 11.7 Å². The average Bonchev–Trinajstić information content (AvgIpc) is 3.09. The number of likely N-dealkylation sites (tertiary alicyclic amines) is 1. The van der Waals surface area contributed by atoms with E-state index >= 15 is 0 Å². The predicted molar refractivity (Wildman–Crippen MR) is 135 cm³/mol. The summed E-state index contributed by atoms with van der Waals surface area (Å²) in [7, 11) is 0. The minimum absolute atomic E-state index is 0.0337. The van der Waals surface area contributed by atoms with Gasteiger partial charge >= 0.3 is 0 Å². The van der Waals surface area contributed by atoms with Crippen molar-refractivity contribution in [2.24, 2.45) is 0 Å². The van der Waals surface area contributed by atoms with Crippen LogP contribution in [-0.4, -0.2) is 28.2 Å². The molecule has 3 aromatic rings. The molecule has 4 rings (SSSR count). The number of carbonyl (C=O) groups is 2. The summed E-state index contributed by atoms with van der Waals surface area (Å²) in [6, 6.07) is 16.9. The van der Waals surface area contributed by atoms with Gasteiger partial charge in [-0.05, 0) is 71.3 Å². The topological polar surface area (TPSA) is 57.6 Å². The Morgan fingerprint density at radius 2 is 1.58 bits per heavy atom. The Kier molecular flexibility index (Phi) is 6.81. The molecule has 1 unspecified atom stereocenters. The monoisotopic (exact) mass is 489 g/mol. The maximum absolute atomic E-state index is 13.9. The summed E-state index contributed by atoms with van der Waals surface area (Å²) in [5.41, 5.74) is 3.04. The molecule has 1 heterocycles. The summed E-state index contributed by atoms with van der Waals surface area (Å²) in [4.78, 5) is 27.8. The van der Waals surface area contributed by atoms with Gasteiger partial charge in [-0.3, -0.25) is 9.59 Å². The lowest BCUT2D eigenvalue weighted by atomic mass is 9.85. The smallest absolute Gasteiger partial charge is 0.295 e. The first-order chi connectivity index (χ1) is 17.0. The third-order valence-electron chi connectivity index (χ3n) is 6.62. The maximum atomic E-state index is 13.9. The van der Waals surface area contributed by atoms with E-state index in [4.69, 9.17) is 0 Å². The average molecular weight is 490 g/mol. The van der Waals surface area contributed by atoms with E-state index in [1.807, 2.05) is 24.3 Å². The zero-order valence-corrected chi connectivity index (χ0v) is 20.8. The van der Waals surface area contributed by atoms with Gasteiger partial charge in [-0.15, -0.1) is 0 Å². The number of aliphatic hydroxyl groups is 1. The number of nitrogens with zero attached hydrogens (tertiary/aromatic N) is 1. The van der Waals surface area contributed by atoms with Crippen molar-refractivity contribution in [1.82, 2.24) is 4.90 Å². The van der Waals surface area contributed by atoms with E-state index in [0.717, 1.165) is 11.1 Å². The van der Waals surface area contributed by atoms with Crippen molar-refractivity contribution in [2.45, 2.75) is 45.6 Å². The summed E-state index contributed by atoms with van der Waals surface area (Å²) >= 11 is 0. The second-order valence-electron chi connectivity index (χ2n) is 10.2. The number of rotatable bonds is 5. The summed E-state index contributed by atoms with van der Waals surface area (Å²) in [5.74, 6) is -2.64. The largest absolute Gasteiger partial charge is 0.507 e. The molecular weight excluding hydrogens is 460 g/mol. The Hall–Kier alpha value is -3.80. The van der Waals surface area contributed by atoms with Crippen molar-refractivity contribution in [2.75, 3.05) is 6.54 Å². The highest BCUT2D eigenvalue weighted by atomic mass is 19.1.